The van der Waals surface area contributed by atoms with Crippen LogP contribution in [-0.4, -0.2) is 9.97 Å². The highest BCUT2D eigenvalue weighted by Crippen LogP contribution is 2.56. The molecule has 0 N–H and O–H groups in total. The number of aromatic nitrogens is 2. The van der Waals surface area contributed by atoms with Gasteiger partial charge in [0.05, 0.1) is 22.4 Å². The maximum Gasteiger partial charge on any atom is 0.101 e. The number of hydrogen-bond donors (Lipinski definition) is 0. The molecule has 1 aliphatic carbocycles. The minimum absolute atomic E-state index is 0.451. The van der Waals surface area contributed by atoms with Crippen LogP contribution >= 0.6 is 0 Å². The number of nitriles is 1. The van der Waals surface area contributed by atoms with Crippen molar-refractivity contribution in [3.63, 3.8) is 0 Å². The first kappa shape index (κ1) is 22.8. The topological polar surface area (TPSA) is 49.6 Å². The molecule has 7 rings (SSSR count). The molecular weight excluding hydrogens is 474 g/mol. The minimum atomic E-state index is -0.451. The summed E-state index contributed by atoms with van der Waals surface area (Å²) in [6.45, 7) is 0. The first-order chi connectivity index (χ1) is 19.3. The van der Waals surface area contributed by atoms with E-state index in [0.717, 1.165) is 22.5 Å². The lowest BCUT2D eigenvalue weighted by molar-refractivity contribution is 0.768. The molecule has 0 aliphatic heterocycles. The third kappa shape index (κ3) is 3.58. The van der Waals surface area contributed by atoms with Crippen LogP contribution in [0, 0.1) is 11.3 Å². The Morgan fingerprint density at radius 1 is 0.538 bits per heavy atom. The summed E-state index contributed by atoms with van der Waals surface area (Å²) in [5.74, 6) is 0. The molecule has 0 fully saturated rings. The number of fused-ring (bicyclic) bond motifs is 3. The lowest BCUT2D eigenvalue weighted by atomic mass is 9.67. The van der Waals surface area contributed by atoms with Gasteiger partial charge in [-0.2, -0.15) is 5.26 Å². The fourth-order valence-electron chi connectivity index (χ4n) is 6.00. The zero-order valence-corrected chi connectivity index (χ0v) is 21.1. The van der Waals surface area contributed by atoms with Crippen LogP contribution in [0.15, 0.2) is 140 Å². The predicted molar refractivity (Wildman–Crippen MR) is 155 cm³/mol. The Bertz CT molecular complexity index is 1830. The standard InChI is InChI=1S/C36H23N3/c37-22-25-20-27(24-38-23-25)35-17-9-16-34(39-35)26-18-19-31-30-14-7-8-15-32(30)36(33(31)21-26,28-10-3-1-4-11-28)29-12-5-2-6-13-29/h1-21,23-24H. The van der Waals surface area contributed by atoms with Crippen LogP contribution in [-0.2, 0) is 5.41 Å². The lowest BCUT2D eigenvalue weighted by Crippen LogP contribution is -2.28. The van der Waals surface area contributed by atoms with Crippen molar-refractivity contribution in [2.75, 3.05) is 0 Å². The van der Waals surface area contributed by atoms with Crippen molar-refractivity contribution in [2.45, 2.75) is 5.41 Å². The fourth-order valence-corrected chi connectivity index (χ4v) is 6.00. The summed E-state index contributed by atoms with van der Waals surface area (Å²) in [5.41, 5.74) is 11.1. The Balaban J connectivity index is 1.47. The van der Waals surface area contributed by atoms with Crippen LogP contribution in [0.2, 0.25) is 0 Å². The van der Waals surface area contributed by atoms with Crippen molar-refractivity contribution in [1.29, 1.82) is 5.26 Å². The molecule has 6 aromatic rings. The van der Waals surface area contributed by atoms with Crippen LogP contribution < -0.4 is 0 Å². The van der Waals surface area contributed by atoms with Gasteiger partial charge in [-0.1, -0.05) is 103 Å². The second-order valence-electron chi connectivity index (χ2n) is 9.77. The zero-order chi connectivity index (χ0) is 26.2. The molecule has 2 heterocycles. The van der Waals surface area contributed by atoms with Crippen LogP contribution in [0.5, 0.6) is 0 Å². The summed E-state index contributed by atoms with van der Waals surface area (Å²) in [6.07, 6.45) is 3.32. The molecule has 3 heteroatoms. The molecule has 2 aromatic heterocycles. The summed E-state index contributed by atoms with van der Waals surface area (Å²) in [7, 11) is 0. The van der Waals surface area contributed by atoms with E-state index in [-0.39, 0.29) is 0 Å². The van der Waals surface area contributed by atoms with Crippen LogP contribution in [0.25, 0.3) is 33.6 Å². The third-order valence-corrected chi connectivity index (χ3v) is 7.67. The molecule has 39 heavy (non-hydrogen) atoms. The molecule has 4 aromatic carbocycles. The van der Waals surface area contributed by atoms with Crippen molar-refractivity contribution in [3.8, 4) is 39.7 Å². The Morgan fingerprint density at radius 3 is 1.90 bits per heavy atom. The number of nitrogens with zero attached hydrogens (tertiary/aromatic N) is 3. The van der Waals surface area contributed by atoms with Gasteiger partial charge in [-0.25, -0.2) is 4.98 Å². The molecule has 0 amide bonds. The Kier molecular flexibility index (Phi) is 5.39. The van der Waals surface area contributed by atoms with Crippen LogP contribution in [0.4, 0.5) is 0 Å². The maximum atomic E-state index is 9.33. The van der Waals surface area contributed by atoms with E-state index < -0.39 is 5.41 Å². The fraction of sp³-hybridized carbons (Fsp3) is 0.0278. The normalized spacial score (nSPS) is 12.8. The summed E-state index contributed by atoms with van der Waals surface area (Å²) >= 11 is 0. The summed E-state index contributed by atoms with van der Waals surface area (Å²) in [6, 6.07) is 47.1. The molecule has 0 bridgehead atoms. The highest BCUT2D eigenvalue weighted by Gasteiger charge is 2.46. The average Bonchev–Trinajstić information content (AvgIpc) is 3.32. The lowest BCUT2D eigenvalue weighted by Gasteiger charge is -2.34. The molecule has 1 aliphatic rings. The number of hydrogen-bond acceptors (Lipinski definition) is 3. The molecule has 0 radical (unpaired) electrons. The third-order valence-electron chi connectivity index (χ3n) is 7.67. The SMILES string of the molecule is N#Cc1cncc(-c2cccc(-c3ccc4c(c3)C(c3ccccc3)(c3ccccc3)c3ccccc3-4)n2)c1. The Hall–Kier alpha value is -5.33. The average molecular weight is 498 g/mol. The van der Waals surface area contributed by atoms with Gasteiger partial charge in [0.15, 0.2) is 0 Å². The molecule has 0 atom stereocenters. The minimum Gasteiger partial charge on any atom is -0.263 e. The van der Waals surface area contributed by atoms with Crippen molar-refractivity contribution in [3.05, 3.63) is 168 Å². The van der Waals surface area contributed by atoms with Gasteiger partial charge < -0.3 is 0 Å². The van der Waals surface area contributed by atoms with Gasteiger partial charge in [0, 0.05) is 23.5 Å². The van der Waals surface area contributed by atoms with E-state index in [2.05, 4.69) is 114 Å². The van der Waals surface area contributed by atoms with Gasteiger partial charge in [-0.15, -0.1) is 0 Å². The van der Waals surface area contributed by atoms with E-state index in [1.54, 1.807) is 12.4 Å². The first-order valence-electron chi connectivity index (χ1n) is 13.0. The van der Waals surface area contributed by atoms with E-state index in [4.69, 9.17) is 4.98 Å². The molecule has 0 unspecified atom stereocenters. The van der Waals surface area contributed by atoms with Crippen molar-refractivity contribution in [2.24, 2.45) is 0 Å². The van der Waals surface area contributed by atoms with E-state index in [1.807, 2.05) is 24.3 Å². The highest BCUT2D eigenvalue weighted by molar-refractivity contribution is 5.88. The monoisotopic (exact) mass is 497 g/mol. The van der Waals surface area contributed by atoms with E-state index >= 15 is 0 Å². The smallest absolute Gasteiger partial charge is 0.101 e. The quantitative estimate of drug-likeness (QED) is 0.247. The number of rotatable bonds is 4. The zero-order valence-electron chi connectivity index (χ0n) is 21.1. The van der Waals surface area contributed by atoms with Crippen LogP contribution in [0.1, 0.15) is 27.8 Å². The van der Waals surface area contributed by atoms with E-state index in [1.165, 1.54) is 33.4 Å². The highest BCUT2D eigenvalue weighted by atomic mass is 14.7. The Labute approximate surface area is 227 Å². The first-order valence-corrected chi connectivity index (χ1v) is 13.0. The number of pyridine rings is 2. The van der Waals surface area contributed by atoms with E-state index in [9.17, 15) is 5.26 Å². The van der Waals surface area contributed by atoms with Crippen molar-refractivity contribution < 1.29 is 0 Å². The van der Waals surface area contributed by atoms with Gasteiger partial charge in [0.25, 0.3) is 0 Å². The second-order valence-corrected chi connectivity index (χ2v) is 9.77. The molecule has 182 valence electrons. The summed E-state index contributed by atoms with van der Waals surface area (Å²) in [5, 5.41) is 9.33. The van der Waals surface area contributed by atoms with E-state index in [0.29, 0.717) is 5.56 Å². The maximum absolute atomic E-state index is 9.33. The summed E-state index contributed by atoms with van der Waals surface area (Å²) in [4.78, 5) is 9.24. The molecule has 0 spiro atoms. The van der Waals surface area contributed by atoms with Gasteiger partial charge in [-0.05, 0) is 57.6 Å². The Morgan fingerprint density at radius 2 is 1.18 bits per heavy atom. The predicted octanol–water partition coefficient (Wildman–Crippen LogP) is 8.05. The van der Waals surface area contributed by atoms with Crippen molar-refractivity contribution >= 4 is 0 Å². The molecule has 0 saturated heterocycles. The van der Waals surface area contributed by atoms with Crippen molar-refractivity contribution in [1.82, 2.24) is 9.97 Å². The molecule has 0 saturated carbocycles. The second kappa shape index (κ2) is 9.20. The van der Waals surface area contributed by atoms with Gasteiger partial charge in [0.1, 0.15) is 6.07 Å². The summed E-state index contributed by atoms with van der Waals surface area (Å²) < 4.78 is 0. The van der Waals surface area contributed by atoms with Gasteiger partial charge >= 0.3 is 0 Å². The number of benzene rings is 4. The molecule has 3 nitrogen and oxygen atoms in total. The van der Waals surface area contributed by atoms with Gasteiger partial charge in [0.2, 0.25) is 0 Å². The molecular formula is C36H23N3. The van der Waals surface area contributed by atoms with Crippen LogP contribution in [0.3, 0.4) is 0 Å². The van der Waals surface area contributed by atoms with Gasteiger partial charge in [-0.3, -0.25) is 4.98 Å². The largest absolute Gasteiger partial charge is 0.263 e.